The van der Waals surface area contributed by atoms with Gasteiger partial charge in [0.05, 0.1) is 0 Å². The Labute approximate surface area is 105 Å². The molecule has 2 aromatic rings. The number of nitrogens with zero attached hydrogens (tertiary/aromatic N) is 3. The number of halogens is 1. The molecule has 0 aromatic carbocycles. The van der Waals surface area contributed by atoms with Gasteiger partial charge in [-0.25, -0.2) is 13.4 Å². The molecule has 0 aliphatic carbocycles. The van der Waals surface area contributed by atoms with Crippen LogP contribution in [0.25, 0.3) is 5.65 Å². The molecule has 0 unspecified atom stereocenters. The first-order valence-electron chi connectivity index (χ1n) is 5.07. The molecule has 2 rings (SSSR count). The van der Waals surface area contributed by atoms with Crippen LogP contribution < -0.4 is 0 Å². The molecular formula is C10H12ClN3O2S. The van der Waals surface area contributed by atoms with Crippen LogP contribution in [0.15, 0.2) is 29.4 Å². The summed E-state index contributed by atoms with van der Waals surface area (Å²) in [5.41, 5.74) is 0.514. The topological polar surface area (TPSA) is 54.7 Å². The first-order chi connectivity index (χ1) is 7.98. The molecule has 0 saturated carbocycles. The van der Waals surface area contributed by atoms with Gasteiger partial charge in [0, 0.05) is 19.8 Å². The van der Waals surface area contributed by atoms with E-state index in [1.807, 2.05) is 0 Å². The number of imidazole rings is 1. The van der Waals surface area contributed by atoms with Crippen LogP contribution in [0.2, 0.25) is 5.15 Å². The standard InChI is InChI=1S/C10H12ClN3O2S/c1-3-13(2)17(15,16)10-9(11)12-8-6-4-5-7-14(8)10/h4-7H,3H2,1-2H3. The van der Waals surface area contributed by atoms with Gasteiger partial charge < -0.3 is 0 Å². The lowest BCUT2D eigenvalue weighted by Gasteiger charge is -2.14. The first kappa shape index (κ1) is 12.3. The summed E-state index contributed by atoms with van der Waals surface area (Å²) < 4.78 is 27.2. The van der Waals surface area contributed by atoms with E-state index in [1.54, 1.807) is 31.3 Å². The molecule has 17 heavy (non-hydrogen) atoms. The second-order valence-corrected chi connectivity index (χ2v) is 5.87. The van der Waals surface area contributed by atoms with E-state index in [4.69, 9.17) is 11.6 Å². The molecule has 0 aliphatic rings. The van der Waals surface area contributed by atoms with Crippen LogP contribution in [0.4, 0.5) is 0 Å². The summed E-state index contributed by atoms with van der Waals surface area (Å²) in [6, 6.07) is 5.21. The third-order valence-corrected chi connectivity index (χ3v) is 4.88. The fourth-order valence-corrected chi connectivity index (χ4v) is 3.26. The molecule has 0 atom stereocenters. The van der Waals surface area contributed by atoms with Gasteiger partial charge in [-0.1, -0.05) is 24.6 Å². The van der Waals surface area contributed by atoms with Crippen LogP contribution in [0.1, 0.15) is 6.92 Å². The summed E-state index contributed by atoms with van der Waals surface area (Å²) in [4.78, 5) is 4.02. The highest BCUT2D eigenvalue weighted by Crippen LogP contribution is 2.24. The van der Waals surface area contributed by atoms with E-state index < -0.39 is 10.0 Å². The van der Waals surface area contributed by atoms with Gasteiger partial charge in [0.2, 0.25) is 0 Å². The Morgan fingerprint density at radius 2 is 2.18 bits per heavy atom. The predicted molar refractivity (Wildman–Crippen MR) is 65.7 cm³/mol. The number of aromatic nitrogens is 2. The minimum atomic E-state index is -3.60. The van der Waals surface area contributed by atoms with Gasteiger partial charge >= 0.3 is 0 Å². The van der Waals surface area contributed by atoms with E-state index in [2.05, 4.69) is 4.98 Å². The van der Waals surface area contributed by atoms with Crippen LogP contribution in [-0.2, 0) is 10.0 Å². The minimum Gasteiger partial charge on any atom is -0.288 e. The van der Waals surface area contributed by atoms with Crippen LogP contribution in [-0.4, -0.2) is 35.7 Å². The Morgan fingerprint density at radius 3 is 2.82 bits per heavy atom. The highest BCUT2D eigenvalue weighted by Gasteiger charge is 2.27. The van der Waals surface area contributed by atoms with Crippen molar-refractivity contribution in [2.24, 2.45) is 0 Å². The van der Waals surface area contributed by atoms with Crippen molar-refractivity contribution in [3.05, 3.63) is 29.5 Å². The van der Waals surface area contributed by atoms with Gasteiger partial charge in [-0.2, -0.15) is 4.31 Å². The zero-order valence-electron chi connectivity index (χ0n) is 9.46. The van der Waals surface area contributed by atoms with Crippen molar-refractivity contribution in [2.45, 2.75) is 11.9 Å². The van der Waals surface area contributed by atoms with Crippen LogP contribution in [0.5, 0.6) is 0 Å². The summed E-state index contributed by atoms with van der Waals surface area (Å²) in [5.74, 6) is 0. The van der Waals surface area contributed by atoms with Crippen LogP contribution >= 0.6 is 11.6 Å². The highest BCUT2D eigenvalue weighted by molar-refractivity contribution is 7.89. The molecule has 0 fully saturated rings. The fourth-order valence-electron chi connectivity index (χ4n) is 1.49. The molecule has 2 aromatic heterocycles. The molecule has 0 saturated heterocycles. The lowest BCUT2D eigenvalue weighted by Crippen LogP contribution is -2.27. The Balaban J connectivity index is 2.75. The third kappa shape index (κ3) is 1.92. The van der Waals surface area contributed by atoms with Gasteiger partial charge in [0.25, 0.3) is 10.0 Å². The van der Waals surface area contributed by atoms with Crippen molar-refractivity contribution in [3.8, 4) is 0 Å². The molecule has 0 bridgehead atoms. The van der Waals surface area contributed by atoms with Crippen molar-refractivity contribution >= 4 is 27.3 Å². The van der Waals surface area contributed by atoms with Gasteiger partial charge in [0.15, 0.2) is 10.2 Å². The molecular weight excluding hydrogens is 262 g/mol. The van der Waals surface area contributed by atoms with Crippen molar-refractivity contribution in [1.82, 2.24) is 13.7 Å². The SMILES string of the molecule is CCN(C)S(=O)(=O)c1c(Cl)nc2ccccn12. The summed E-state index contributed by atoms with van der Waals surface area (Å²) in [5, 5.41) is 0.00983. The number of pyridine rings is 1. The monoisotopic (exact) mass is 273 g/mol. The van der Waals surface area contributed by atoms with Crippen LogP contribution in [0.3, 0.4) is 0 Å². The van der Waals surface area contributed by atoms with Crippen LogP contribution in [0, 0.1) is 0 Å². The number of hydrogen-bond acceptors (Lipinski definition) is 3. The summed E-state index contributed by atoms with van der Waals surface area (Å²) in [7, 11) is -2.09. The first-order valence-corrected chi connectivity index (χ1v) is 6.89. The van der Waals surface area contributed by atoms with E-state index in [9.17, 15) is 8.42 Å². The van der Waals surface area contributed by atoms with Crippen molar-refractivity contribution in [3.63, 3.8) is 0 Å². The van der Waals surface area contributed by atoms with E-state index in [1.165, 1.54) is 15.8 Å². The largest absolute Gasteiger partial charge is 0.288 e. The lowest BCUT2D eigenvalue weighted by atomic mass is 10.5. The Kier molecular flexibility index (Phi) is 3.11. The molecule has 0 spiro atoms. The van der Waals surface area contributed by atoms with Gasteiger partial charge in [-0.05, 0) is 12.1 Å². The van der Waals surface area contributed by atoms with E-state index >= 15 is 0 Å². The smallest absolute Gasteiger partial charge is 0.261 e. The van der Waals surface area contributed by atoms with Crippen molar-refractivity contribution < 1.29 is 8.42 Å². The third-order valence-electron chi connectivity index (χ3n) is 2.55. The average Bonchev–Trinajstić information content (AvgIpc) is 2.64. The lowest BCUT2D eigenvalue weighted by molar-refractivity contribution is 0.482. The highest BCUT2D eigenvalue weighted by atomic mass is 35.5. The van der Waals surface area contributed by atoms with E-state index in [0.29, 0.717) is 12.2 Å². The quantitative estimate of drug-likeness (QED) is 0.854. The average molecular weight is 274 g/mol. The molecule has 0 N–H and O–H groups in total. The number of hydrogen-bond donors (Lipinski definition) is 0. The summed E-state index contributed by atoms with van der Waals surface area (Å²) in [6.45, 7) is 2.13. The molecule has 92 valence electrons. The Morgan fingerprint density at radius 1 is 1.47 bits per heavy atom. The van der Waals surface area contributed by atoms with Gasteiger partial charge in [-0.3, -0.25) is 4.40 Å². The van der Waals surface area contributed by atoms with Gasteiger partial charge in [-0.15, -0.1) is 0 Å². The molecule has 7 heteroatoms. The second kappa shape index (κ2) is 4.29. The molecule has 0 aliphatic heterocycles. The molecule has 5 nitrogen and oxygen atoms in total. The summed E-state index contributed by atoms with van der Waals surface area (Å²) in [6.07, 6.45) is 1.63. The maximum Gasteiger partial charge on any atom is 0.261 e. The number of sulfonamides is 1. The second-order valence-electron chi connectivity index (χ2n) is 3.56. The predicted octanol–water partition coefficient (Wildman–Crippen LogP) is 1.63. The summed E-state index contributed by atoms with van der Waals surface area (Å²) >= 11 is 5.92. The van der Waals surface area contributed by atoms with Crippen molar-refractivity contribution in [2.75, 3.05) is 13.6 Å². The molecule has 0 radical (unpaired) electrons. The fraction of sp³-hybridized carbons (Fsp3) is 0.300. The maximum atomic E-state index is 12.2. The van der Waals surface area contributed by atoms with E-state index in [0.717, 1.165) is 0 Å². The molecule has 2 heterocycles. The van der Waals surface area contributed by atoms with Crippen molar-refractivity contribution in [1.29, 1.82) is 0 Å². The minimum absolute atomic E-state index is 0.00324. The number of fused-ring (bicyclic) bond motifs is 1. The molecule has 0 amide bonds. The Hall–Kier alpha value is -1.11. The zero-order chi connectivity index (χ0) is 12.6. The zero-order valence-corrected chi connectivity index (χ0v) is 11.0. The number of rotatable bonds is 3. The van der Waals surface area contributed by atoms with Gasteiger partial charge in [0.1, 0.15) is 5.65 Å². The maximum absolute atomic E-state index is 12.2. The van der Waals surface area contributed by atoms with E-state index in [-0.39, 0.29) is 10.2 Å². The Bertz CT molecular complexity index is 651. The normalized spacial score (nSPS) is 12.5.